The number of nitrogens with zero attached hydrogens (tertiary/aromatic N) is 1. The zero-order chi connectivity index (χ0) is 14.7. The second-order valence-corrected chi connectivity index (χ2v) is 4.79. The van der Waals surface area contributed by atoms with Gasteiger partial charge in [0.25, 0.3) is 0 Å². The van der Waals surface area contributed by atoms with E-state index in [4.69, 9.17) is 0 Å². The predicted molar refractivity (Wildman–Crippen MR) is 87.5 cm³/mol. The standard InChI is InChI=1S/2C7H9.C4H10N.ClH.Zr/c2*1-6-3-4-7(2)5-6;1-3-5-4-2;;/h2*3-5H,1-2H3;3-4H2,1-2H3;1H;/q3*-1;;+4/p-1. The maximum Gasteiger partial charge on any atom is 4.00 e. The summed E-state index contributed by atoms with van der Waals surface area (Å²) < 4.78 is 0. The minimum atomic E-state index is 0. The minimum absolute atomic E-state index is 0. The Labute approximate surface area is 156 Å². The Morgan fingerprint density at radius 1 is 0.857 bits per heavy atom. The van der Waals surface area contributed by atoms with Gasteiger partial charge in [-0.05, 0) is 0 Å². The Bertz CT molecular complexity index is 359. The molecule has 21 heavy (non-hydrogen) atoms. The molecule has 0 heterocycles. The van der Waals surface area contributed by atoms with Crippen LogP contribution in [0.1, 0.15) is 36.1 Å². The van der Waals surface area contributed by atoms with Crippen LogP contribution in [0.5, 0.6) is 0 Å². The summed E-state index contributed by atoms with van der Waals surface area (Å²) in [5.74, 6) is 0. The van der Waals surface area contributed by atoms with Crippen LogP contribution in [0.4, 0.5) is 0 Å². The van der Waals surface area contributed by atoms with Gasteiger partial charge in [-0.15, -0.1) is 0 Å². The molecule has 0 N–H and O–H groups in total. The molecule has 0 saturated heterocycles. The van der Waals surface area contributed by atoms with E-state index in [1.807, 2.05) is 13.8 Å². The van der Waals surface area contributed by atoms with Gasteiger partial charge in [0.15, 0.2) is 0 Å². The van der Waals surface area contributed by atoms with Crippen molar-refractivity contribution >= 4 is 0 Å². The molecule has 0 unspecified atom stereocenters. The van der Waals surface area contributed by atoms with Crippen LogP contribution in [0.15, 0.2) is 36.4 Å². The average molecular weight is 385 g/mol. The topological polar surface area (TPSA) is 14.1 Å². The van der Waals surface area contributed by atoms with Gasteiger partial charge in [0.2, 0.25) is 0 Å². The van der Waals surface area contributed by atoms with Crippen molar-refractivity contribution in [1.82, 2.24) is 0 Å². The van der Waals surface area contributed by atoms with Gasteiger partial charge in [0.1, 0.15) is 0 Å². The van der Waals surface area contributed by atoms with Gasteiger partial charge in [-0.25, -0.2) is 23.3 Å². The molecule has 0 aliphatic heterocycles. The Morgan fingerprint density at radius 2 is 1.19 bits per heavy atom. The third kappa shape index (κ3) is 16.0. The fourth-order valence-electron chi connectivity index (χ4n) is 1.66. The Hall–Kier alpha value is -0.167. The number of hydrogen-bond acceptors (Lipinski definition) is 0. The van der Waals surface area contributed by atoms with E-state index in [2.05, 4.69) is 69.4 Å². The fourth-order valence-corrected chi connectivity index (χ4v) is 1.66. The summed E-state index contributed by atoms with van der Waals surface area (Å²) in [5.41, 5.74) is 5.44. The second-order valence-electron chi connectivity index (χ2n) is 4.79. The molecule has 116 valence electrons. The van der Waals surface area contributed by atoms with E-state index in [0.717, 1.165) is 13.1 Å². The van der Waals surface area contributed by atoms with E-state index in [-0.39, 0.29) is 38.6 Å². The normalized spacial score (nSPS) is 8.29. The van der Waals surface area contributed by atoms with Crippen LogP contribution < -0.4 is 12.4 Å². The van der Waals surface area contributed by atoms with Crippen LogP contribution in [0.25, 0.3) is 5.32 Å². The first-order chi connectivity index (χ1) is 8.99. The van der Waals surface area contributed by atoms with Gasteiger partial charge in [-0.1, -0.05) is 41.5 Å². The van der Waals surface area contributed by atoms with Crippen LogP contribution in [0, 0.1) is 27.7 Å². The summed E-state index contributed by atoms with van der Waals surface area (Å²) in [6, 6.07) is 12.8. The summed E-state index contributed by atoms with van der Waals surface area (Å²) >= 11 is 0. The van der Waals surface area contributed by atoms with Gasteiger partial charge in [0, 0.05) is 0 Å². The third-order valence-electron chi connectivity index (χ3n) is 2.58. The summed E-state index contributed by atoms with van der Waals surface area (Å²) in [6.07, 6.45) is 0. The van der Waals surface area contributed by atoms with Gasteiger partial charge >= 0.3 is 26.2 Å². The fraction of sp³-hybridized carbons (Fsp3) is 0.444. The summed E-state index contributed by atoms with van der Waals surface area (Å²) in [5, 5.41) is 3.97. The van der Waals surface area contributed by atoms with Crippen molar-refractivity contribution < 1.29 is 38.6 Å². The first kappa shape index (κ1) is 25.8. The molecule has 0 aliphatic carbocycles. The van der Waals surface area contributed by atoms with Crippen molar-refractivity contribution in [2.75, 3.05) is 13.1 Å². The Morgan fingerprint density at radius 3 is 1.24 bits per heavy atom. The molecule has 0 bridgehead atoms. The maximum absolute atomic E-state index is 3.97. The largest absolute Gasteiger partial charge is 4.00 e. The molecule has 2 aromatic rings. The van der Waals surface area contributed by atoms with E-state index in [9.17, 15) is 0 Å². The van der Waals surface area contributed by atoms with Crippen molar-refractivity contribution in [3.63, 3.8) is 0 Å². The minimum Gasteiger partial charge on any atom is -1.00 e. The van der Waals surface area contributed by atoms with Crippen molar-refractivity contribution in [3.8, 4) is 0 Å². The van der Waals surface area contributed by atoms with Crippen molar-refractivity contribution in [3.05, 3.63) is 64.0 Å². The molecule has 0 amide bonds. The van der Waals surface area contributed by atoms with Gasteiger partial charge in [-0.2, -0.15) is 48.5 Å². The van der Waals surface area contributed by atoms with Gasteiger partial charge in [0.05, 0.1) is 0 Å². The van der Waals surface area contributed by atoms with Crippen molar-refractivity contribution in [2.45, 2.75) is 41.5 Å². The third-order valence-corrected chi connectivity index (χ3v) is 2.58. The molecule has 0 saturated carbocycles. The van der Waals surface area contributed by atoms with E-state index in [1.165, 1.54) is 22.3 Å². The molecule has 1 nitrogen and oxygen atoms in total. The van der Waals surface area contributed by atoms with Crippen molar-refractivity contribution in [2.24, 2.45) is 0 Å². The molecule has 0 aromatic heterocycles. The maximum atomic E-state index is 3.97. The molecule has 0 atom stereocenters. The number of hydrogen-bond donors (Lipinski definition) is 0. The van der Waals surface area contributed by atoms with Crippen LogP contribution >= 0.6 is 0 Å². The predicted octanol–water partition coefficient (Wildman–Crippen LogP) is 2.45. The molecule has 0 aliphatic rings. The number of halogens is 1. The van der Waals surface area contributed by atoms with Crippen LogP contribution in [-0.2, 0) is 26.2 Å². The summed E-state index contributed by atoms with van der Waals surface area (Å²) in [4.78, 5) is 0. The number of aryl methyl sites for hydroxylation is 4. The monoisotopic (exact) mass is 383 g/mol. The van der Waals surface area contributed by atoms with Gasteiger partial charge in [-0.3, -0.25) is 0 Å². The van der Waals surface area contributed by atoms with Crippen LogP contribution in [0.2, 0.25) is 0 Å². The molecule has 0 spiro atoms. The van der Waals surface area contributed by atoms with E-state index in [1.54, 1.807) is 0 Å². The van der Waals surface area contributed by atoms with Crippen LogP contribution in [0.3, 0.4) is 0 Å². The Kier molecular flexibility index (Phi) is 19.9. The number of rotatable bonds is 2. The molecular weight excluding hydrogens is 357 g/mol. The van der Waals surface area contributed by atoms with Gasteiger partial charge < -0.3 is 17.7 Å². The first-order valence-corrected chi connectivity index (χ1v) is 7.02. The Balaban J connectivity index is -0.000000225. The van der Waals surface area contributed by atoms with E-state index < -0.39 is 0 Å². The van der Waals surface area contributed by atoms with E-state index in [0.29, 0.717) is 0 Å². The average Bonchev–Trinajstić information content (AvgIpc) is 2.90. The molecule has 2 rings (SSSR count). The quantitative estimate of drug-likeness (QED) is 0.706. The van der Waals surface area contributed by atoms with Crippen LogP contribution in [-0.4, -0.2) is 13.1 Å². The summed E-state index contributed by atoms with van der Waals surface area (Å²) in [7, 11) is 0. The second kappa shape index (κ2) is 16.2. The molecule has 2 aromatic carbocycles. The smallest absolute Gasteiger partial charge is 1.00 e. The molecular formula is C18H28ClNZr. The summed E-state index contributed by atoms with van der Waals surface area (Å²) in [6.45, 7) is 14.4. The SMILES string of the molecule is CC[N-]CC.Cc1cc[c-](C)c1.Cc1cc[c-](C)c1.[Cl-].[Zr+4]. The molecule has 0 radical (unpaired) electrons. The van der Waals surface area contributed by atoms with E-state index >= 15 is 0 Å². The zero-order valence-electron chi connectivity index (χ0n) is 14.2. The molecule has 3 heteroatoms. The zero-order valence-corrected chi connectivity index (χ0v) is 17.4. The van der Waals surface area contributed by atoms with Crippen molar-refractivity contribution in [1.29, 1.82) is 0 Å². The first-order valence-electron chi connectivity index (χ1n) is 7.02. The molecule has 0 fully saturated rings.